The molecule has 25 heavy (non-hydrogen) atoms. The lowest BCUT2D eigenvalue weighted by Crippen LogP contribution is -2.48. The van der Waals surface area contributed by atoms with Gasteiger partial charge in [-0.05, 0) is 50.3 Å². The fourth-order valence-corrected chi connectivity index (χ4v) is 4.40. The molecule has 0 spiro atoms. The first kappa shape index (κ1) is 16.5. The van der Waals surface area contributed by atoms with Gasteiger partial charge < -0.3 is 4.90 Å². The molecule has 1 aromatic heterocycles. The normalized spacial score (nSPS) is 23.7. The molecule has 1 aromatic carbocycles. The highest BCUT2D eigenvalue weighted by molar-refractivity contribution is 5.39. The molecule has 132 valence electrons. The number of halogens is 1. The summed E-state index contributed by atoms with van der Waals surface area (Å²) in [6.07, 6.45) is 5.05. The first-order valence-corrected chi connectivity index (χ1v) is 9.12. The van der Waals surface area contributed by atoms with Crippen molar-refractivity contribution >= 4 is 5.82 Å². The van der Waals surface area contributed by atoms with E-state index in [2.05, 4.69) is 51.8 Å². The summed E-state index contributed by atoms with van der Waals surface area (Å²) in [4.78, 5) is 12.6. The molecule has 2 unspecified atom stereocenters. The van der Waals surface area contributed by atoms with Crippen LogP contribution in [0.4, 0.5) is 10.2 Å². The third kappa shape index (κ3) is 3.25. The number of aromatic nitrogens is 2. The zero-order chi connectivity index (χ0) is 17.4. The molecular formula is C20H25FN4. The Labute approximate surface area is 148 Å². The highest BCUT2D eigenvalue weighted by atomic mass is 19.1. The second-order valence-corrected chi connectivity index (χ2v) is 7.45. The van der Waals surface area contributed by atoms with E-state index in [1.54, 1.807) is 0 Å². The molecule has 4 nitrogen and oxygen atoms in total. The Morgan fingerprint density at radius 1 is 1.20 bits per heavy atom. The quantitative estimate of drug-likeness (QED) is 0.858. The van der Waals surface area contributed by atoms with Crippen molar-refractivity contribution in [1.29, 1.82) is 0 Å². The zero-order valence-corrected chi connectivity index (χ0v) is 15.0. The standard InChI is InChI=1S/C20H25FN4/c1-14-3-4-17(15(2)9-14)11-24-7-5-16-6-8-25(12-19(16)24)20-18(21)10-22-13-23-20/h3-4,9-10,13,16,19H,5-8,11-12H2,1-2H3. The molecule has 2 aliphatic rings. The van der Waals surface area contributed by atoms with Crippen LogP contribution < -0.4 is 4.90 Å². The molecule has 2 saturated heterocycles. The molecular weight excluding hydrogens is 315 g/mol. The van der Waals surface area contributed by atoms with Crippen molar-refractivity contribution < 1.29 is 4.39 Å². The molecule has 5 heteroatoms. The fourth-order valence-electron chi connectivity index (χ4n) is 4.40. The molecule has 0 N–H and O–H groups in total. The van der Waals surface area contributed by atoms with Crippen LogP contribution in [0.25, 0.3) is 0 Å². The van der Waals surface area contributed by atoms with Gasteiger partial charge in [-0.25, -0.2) is 14.4 Å². The predicted molar refractivity (Wildman–Crippen MR) is 97.0 cm³/mol. The third-order valence-corrected chi connectivity index (χ3v) is 5.80. The molecule has 0 bridgehead atoms. The van der Waals surface area contributed by atoms with Crippen molar-refractivity contribution in [2.45, 2.75) is 39.3 Å². The van der Waals surface area contributed by atoms with E-state index < -0.39 is 0 Å². The minimum absolute atomic E-state index is 0.320. The van der Waals surface area contributed by atoms with Crippen LogP contribution in [0.2, 0.25) is 0 Å². The summed E-state index contributed by atoms with van der Waals surface area (Å²) in [5, 5.41) is 0. The Kier molecular flexibility index (Phi) is 4.42. The van der Waals surface area contributed by atoms with Crippen molar-refractivity contribution in [3.8, 4) is 0 Å². The van der Waals surface area contributed by atoms with Gasteiger partial charge in [0.15, 0.2) is 11.6 Å². The van der Waals surface area contributed by atoms with Crippen LogP contribution in [-0.2, 0) is 6.54 Å². The van der Waals surface area contributed by atoms with Gasteiger partial charge in [-0.15, -0.1) is 0 Å². The Morgan fingerprint density at radius 3 is 2.84 bits per heavy atom. The van der Waals surface area contributed by atoms with Crippen LogP contribution in [0, 0.1) is 25.6 Å². The third-order valence-electron chi connectivity index (χ3n) is 5.80. The van der Waals surface area contributed by atoms with Gasteiger partial charge in [-0.1, -0.05) is 23.8 Å². The van der Waals surface area contributed by atoms with E-state index >= 15 is 0 Å². The van der Waals surface area contributed by atoms with Crippen molar-refractivity contribution in [3.63, 3.8) is 0 Å². The Hall–Kier alpha value is -2.01. The van der Waals surface area contributed by atoms with Crippen molar-refractivity contribution in [2.75, 3.05) is 24.5 Å². The lowest BCUT2D eigenvalue weighted by atomic mass is 9.92. The van der Waals surface area contributed by atoms with E-state index in [-0.39, 0.29) is 5.82 Å². The van der Waals surface area contributed by atoms with E-state index in [4.69, 9.17) is 0 Å². The van der Waals surface area contributed by atoms with E-state index in [0.717, 1.165) is 32.6 Å². The molecule has 2 aliphatic heterocycles. The first-order chi connectivity index (χ1) is 12.1. The van der Waals surface area contributed by atoms with E-state index in [9.17, 15) is 4.39 Å². The van der Waals surface area contributed by atoms with Gasteiger partial charge in [0.05, 0.1) is 6.20 Å². The number of likely N-dealkylation sites (tertiary alicyclic amines) is 1. The topological polar surface area (TPSA) is 32.3 Å². The second kappa shape index (κ2) is 6.71. The summed E-state index contributed by atoms with van der Waals surface area (Å²) < 4.78 is 14.1. The summed E-state index contributed by atoms with van der Waals surface area (Å²) in [5.74, 6) is 0.846. The molecule has 2 aromatic rings. The number of fused-ring (bicyclic) bond motifs is 1. The number of benzene rings is 1. The van der Waals surface area contributed by atoms with Gasteiger partial charge in [0.2, 0.25) is 0 Å². The number of aryl methyl sites for hydroxylation is 2. The van der Waals surface area contributed by atoms with Crippen molar-refractivity contribution in [2.24, 2.45) is 5.92 Å². The average Bonchev–Trinajstić information content (AvgIpc) is 3.00. The molecule has 3 heterocycles. The van der Waals surface area contributed by atoms with Crippen LogP contribution in [0.1, 0.15) is 29.5 Å². The Morgan fingerprint density at radius 2 is 2.04 bits per heavy atom. The second-order valence-electron chi connectivity index (χ2n) is 7.45. The largest absolute Gasteiger partial charge is 0.352 e. The first-order valence-electron chi connectivity index (χ1n) is 9.12. The van der Waals surface area contributed by atoms with E-state index in [0.29, 0.717) is 17.8 Å². The summed E-state index contributed by atoms with van der Waals surface area (Å²) in [6, 6.07) is 7.18. The van der Waals surface area contributed by atoms with Crippen LogP contribution in [-0.4, -0.2) is 40.5 Å². The smallest absolute Gasteiger partial charge is 0.183 e. The number of anilines is 1. The maximum Gasteiger partial charge on any atom is 0.183 e. The highest BCUT2D eigenvalue weighted by Crippen LogP contribution is 2.34. The minimum atomic E-state index is -0.320. The molecule has 0 aliphatic carbocycles. The van der Waals surface area contributed by atoms with E-state index in [1.807, 2.05) is 0 Å². The molecule has 2 atom stereocenters. The van der Waals surface area contributed by atoms with Crippen LogP contribution in [0.5, 0.6) is 0 Å². The number of nitrogens with zero attached hydrogens (tertiary/aromatic N) is 4. The van der Waals surface area contributed by atoms with Crippen molar-refractivity contribution in [1.82, 2.24) is 14.9 Å². The lowest BCUT2D eigenvalue weighted by Gasteiger charge is -2.39. The van der Waals surface area contributed by atoms with Gasteiger partial charge >= 0.3 is 0 Å². The average molecular weight is 340 g/mol. The Balaban J connectivity index is 1.51. The highest BCUT2D eigenvalue weighted by Gasteiger charge is 2.39. The van der Waals surface area contributed by atoms with Crippen LogP contribution in [0.15, 0.2) is 30.7 Å². The summed E-state index contributed by atoms with van der Waals surface area (Å²) in [5.41, 5.74) is 4.07. The van der Waals surface area contributed by atoms with Gasteiger partial charge in [-0.2, -0.15) is 0 Å². The van der Waals surface area contributed by atoms with Gasteiger partial charge in [0.1, 0.15) is 6.33 Å². The predicted octanol–water partition coefficient (Wildman–Crippen LogP) is 3.33. The molecule has 0 saturated carbocycles. The molecule has 0 radical (unpaired) electrons. The van der Waals surface area contributed by atoms with E-state index in [1.165, 1.54) is 35.6 Å². The van der Waals surface area contributed by atoms with Gasteiger partial charge in [-0.3, -0.25) is 4.90 Å². The molecule has 0 amide bonds. The number of rotatable bonds is 3. The summed E-state index contributed by atoms with van der Waals surface area (Å²) in [6.45, 7) is 8.17. The molecule has 2 fully saturated rings. The van der Waals surface area contributed by atoms with Gasteiger partial charge in [0, 0.05) is 25.7 Å². The fraction of sp³-hybridized carbons (Fsp3) is 0.500. The molecule has 4 rings (SSSR count). The lowest BCUT2D eigenvalue weighted by molar-refractivity contribution is 0.199. The van der Waals surface area contributed by atoms with Gasteiger partial charge in [0.25, 0.3) is 0 Å². The maximum atomic E-state index is 14.1. The minimum Gasteiger partial charge on any atom is -0.352 e. The van der Waals surface area contributed by atoms with Crippen LogP contribution >= 0.6 is 0 Å². The summed E-state index contributed by atoms with van der Waals surface area (Å²) >= 11 is 0. The van der Waals surface area contributed by atoms with Crippen LogP contribution in [0.3, 0.4) is 0 Å². The summed E-state index contributed by atoms with van der Waals surface area (Å²) in [7, 11) is 0. The number of hydrogen-bond donors (Lipinski definition) is 0. The number of piperidine rings is 1. The number of hydrogen-bond acceptors (Lipinski definition) is 4. The van der Waals surface area contributed by atoms with Crippen molar-refractivity contribution in [3.05, 3.63) is 53.2 Å². The zero-order valence-electron chi connectivity index (χ0n) is 15.0. The maximum absolute atomic E-state index is 14.1. The monoisotopic (exact) mass is 340 g/mol. The SMILES string of the molecule is Cc1ccc(CN2CCC3CCN(c4ncncc4F)CC32)c(C)c1. The Bertz CT molecular complexity index is 763.